The van der Waals surface area contributed by atoms with Gasteiger partial charge in [-0.1, -0.05) is 18.6 Å². The van der Waals surface area contributed by atoms with Gasteiger partial charge in [-0.3, -0.25) is 9.69 Å². The second kappa shape index (κ2) is 11.1. The van der Waals surface area contributed by atoms with Crippen molar-refractivity contribution < 1.29 is 4.79 Å². The molecule has 2 aliphatic rings. The number of hydrogen-bond acceptors (Lipinski definition) is 4. The van der Waals surface area contributed by atoms with Crippen LogP contribution in [0.15, 0.2) is 24.3 Å². The number of carbonyl (C=O) groups is 1. The fraction of sp³-hybridized carbons (Fsp3) is 0.632. The van der Waals surface area contributed by atoms with E-state index in [4.69, 9.17) is 5.73 Å². The second-order valence-electron chi connectivity index (χ2n) is 7.28. The van der Waals surface area contributed by atoms with Gasteiger partial charge in [0.1, 0.15) is 0 Å². The highest BCUT2D eigenvalue weighted by molar-refractivity contribution is 5.94. The number of nitrogens with zero attached hydrogens (tertiary/aromatic N) is 2. The van der Waals surface area contributed by atoms with Gasteiger partial charge in [-0.15, -0.1) is 24.8 Å². The van der Waals surface area contributed by atoms with E-state index in [2.05, 4.69) is 34.3 Å². The van der Waals surface area contributed by atoms with Crippen LogP contribution in [0.25, 0.3) is 0 Å². The average molecular weight is 403 g/mol. The number of amides is 1. The standard InChI is InChI=1S/C19H30N4O.2ClH/c1-22-9-11-23(12-10-22)14-15-5-7-16(8-6-15)19(24)21-18-4-2-3-17(18)13-20;;/h5-8,17-18H,2-4,9-14,20H2,1H3,(H,21,24);2*1H. The molecule has 1 aliphatic heterocycles. The number of benzene rings is 1. The van der Waals surface area contributed by atoms with Gasteiger partial charge >= 0.3 is 0 Å². The highest BCUT2D eigenvalue weighted by Gasteiger charge is 2.27. The molecule has 0 aromatic heterocycles. The zero-order valence-corrected chi connectivity index (χ0v) is 17.2. The highest BCUT2D eigenvalue weighted by atomic mass is 35.5. The second-order valence-corrected chi connectivity index (χ2v) is 7.28. The summed E-state index contributed by atoms with van der Waals surface area (Å²) in [6.45, 7) is 6.11. The zero-order chi connectivity index (χ0) is 16.9. The lowest BCUT2D eigenvalue weighted by Crippen LogP contribution is -2.43. The maximum Gasteiger partial charge on any atom is 0.251 e. The minimum Gasteiger partial charge on any atom is -0.349 e. The van der Waals surface area contributed by atoms with Crippen LogP contribution >= 0.6 is 24.8 Å². The molecule has 5 nitrogen and oxygen atoms in total. The first kappa shape index (κ1) is 23.2. The lowest BCUT2D eigenvalue weighted by atomic mass is 10.0. The van der Waals surface area contributed by atoms with Crippen molar-refractivity contribution in [2.45, 2.75) is 31.8 Å². The minimum absolute atomic E-state index is 0. The molecule has 0 radical (unpaired) electrons. The summed E-state index contributed by atoms with van der Waals surface area (Å²) in [5, 5.41) is 3.17. The molecular weight excluding hydrogens is 371 g/mol. The van der Waals surface area contributed by atoms with Gasteiger partial charge < -0.3 is 16.0 Å². The fourth-order valence-electron chi connectivity index (χ4n) is 3.79. The predicted molar refractivity (Wildman–Crippen MR) is 111 cm³/mol. The van der Waals surface area contributed by atoms with E-state index in [9.17, 15) is 4.79 Å². The number of nitrogens with one attached hydrogen (secondary N) is 1. The summed E-state index contributed by atoms with van der Waals surface area (Å²) >= 11 is 0. The van der Waals surface area contributed by atoms with Crippen LogP contribution in [0.3, 0.4) is 0 Å². The van der Waals surface area contributed by atoms with E-state index in [0.717, 1.165) is 57.5 Å². The Labute approximate surface area is 169 Å². The molecule has 1 aromatic carbocycles. The molecule has 0 bridgehead atoms. The molecule has 1 heterocycles. The summed E-state index contributed by atoms with van der Waals surface area (Å²) in [7, 11) is 2.17. The number of likely N-dealkylation sites (N-methyl/N-ethyl adjacent to an activating group) is 1. The van der Waals surface area contributed by atoms with Gasteiger partial charge in [-0.25, -0.2) is 0 Å². The normalized spacial score (nSPS) is 23.8. The molecule has 2 atom stereocenters. The van der Waals surface area contributed by atoms with Crippen molar-refractivity contribution in [3.63, 3.8) is 0 Å². The molecule has 1 aliphatic carbocycles. The molecule has 3 rings (SSSR count). The van der Waals surface area contributed by atoms with E-state index in [1.54, 1.807) is 0 Å². The van der Waals surface area contributed by atoms with Crippen molar-refractivity contribution in [2.24, 2.45) is 11.7 Å². The topological polar surface area (TPSA) is 61.6 Å². The third kappa shape index (κ3) is 6.10. The average Bonchev–Trinajstić information content (AvgIpc) is 3.04. The Morgan fingerprint density at radius 3 is 2.38 bits per heavy atom. The molecular formula is C19H32Cl2N4O. The summed E-state index contributed by atoms with van der Waals surface area (Å²) in [6, 6.07) is 8.32. The molecule has 1 amide bonds. The van der Waals surface area contributed by atoms with Gasteiger partial charge in [0.25, 0.3) is 5.91 Å². The Morgan fingerprint density at radius 2 is 1.77 bits per heavy atom. The summed E-state index contributed by atoms with van der Waals surface area (Å²) in [5.41, 5.74) is 7.82. The lowest BCUT2D eigenvalue weighted by molar-refractivity contribution is 0.0928. The van der Waals surface area contributed by atoms with E-state index in [1.807, 2.05) is 12.1 Å². The Balaban J connectivity index is 0.00000169. The maximum absolute atomic E-state index is 12.4. The molecule has 7 heteroatoms. The lowest BCUT2D eigenvalue weighted by Gasteiger charge is -2.32. The Morgan fingerprint density at radius 1 is 1.12 bits per heavy atom. The van der Waals surface area contributed by atoms with Crippen molar-refractivity contribution in [1.82, 2.24) is 15.1 Å². The van der Waals surface area contributed by atoms with Crippen LogP contribution in [-0.4, -0.2) is 61.5 Å². The van der Waals surface area contributed by atoms with Gasteiger partial charge in [-0.05, 0) is 50.0 Å². The fourth-order valence-corrected chi connectivity index (χ4v) is 3.79. The van der Waals surface area contributed by atoms with Crippen LogP contribution in [0.5, 0.6) is 0 Å². The number of hydrogen-bond donors (Lipinski definition) is 2. The molecule has 0 spiro atoms. The predicted octanol–water partition coefficient (Wildman–Crippen LogP) is 2.13. The summed E-state index contributed by atoms with van der Waals surface area (Å²) in [4.78, 5) is 17.3. The third-order valence-corrected chi connectivity index (χ3v) is 5.50. The zero-order valence-electron chi connectivity index (χ0n) is 15.5. The molecule has 1 aromatic rings. The van der Waals surface area contributed by atoms with E-state index < -0.39 is 0 Å². The SMILES string of the molecule is CN1CCN(Cc2ccc(C(=O)NC3CCCC3CN)cc2)CC1.Cl.Cl. The van der Waals surface area contributed by atoms with E-state index in [1.165, 1.54) is 5.56 Å². The molecule has 26 heavy (non-hydrogen) atoms. The Hall–Kier alpha value is -0.850. The first-order valence-electron chi connectivity index (χ1n) is 9.16. The number of halogens is 2. The number of piperazine rings is 1. The van der Waals surface area contributed by atoms with Gasteiger partial charge in [-0.2, -0.15) is 0 Å². The van der Waals surface area contributed by atoms with E-state index >= 15 is 0 Å². The summed E-state index contributed by atoms with van der Waals surface area (Å²) in [6.07, 6.45) is 3.34. The number of rotatable bonds is 5. The van der Waals surface area contributed by atoms with E-state index in [0.29, 0.717) is 12.5 Å². The van der Waals surface area contributed by atoms with Crippen molar-refractivity contribution in [3.8, 4) is 0 Å². The van der Waals surface area contributed by atoms with Gasteiger partial charge in [0, 0.05) is 44.3 Å². The molecule has 3 N–H and O–H groups in total. The number of carbonyl (C=O) groups excluding carboxylic acids is 1. The molecule has 1 saturated carbocycles. The van der Waals surface area contributed by atoms with Crippen molar-refractivity contribution in [1.29, 1.82) is 0 Å². The molecule has 2 unspecified atom stereocenters. The Bertz CT molecular complexity index is 547. The van der Waals surface area contributed by atoms with Crippen LogP contribution in [0, 0.1) is 5.92 Å². The Kier molecular flexibility index (Phi) is 9.90. The molecule has 148 valence electrons. The smallest absolute Gasteiger partial charge is 0.251 e. The quantitative estimate of drug-likeness (QED) is 0.791. The monoisotopic (exact) mass is 402 g/mol. The van der Waals surface area contributed by atoms with Crippen molar-refractivity contribution >= 4 is 30.7 Å². The summed E-state index contributed by atoms with van der Waals surface area (Å²) in [5.74, 6) is 0.469. The maximum atomic E-state index is 12.4. The first-order valence-corrected chi connectivity index (χ1v) is 9.16. The van der Waals surface area contributed by atoms with Crippen molar-refractivity contribution in [3.05, 3.63) is 35.4 Å². The van der Waals surface area contributed by atoms with Gasteiger partial charge in [0.2, 0.25) is 0 Å². The van der Waals surface area contributed by atoms with E-state index in [-0.39, 0.29) is 36.8 Å². The van der Waals surface area contributed by atoms with Crippen LogP contribution in [0.4, 0.5) is 0 Å². The summed E-state index contributed by atoms with van der Waals surface area (Å²) < 4.78 is 0. The largest absolute Gasteiger partial charge is 0.349 e. The minimum atomic E-state index is 0. The molecule has 1 saturated heterocycles. The molecule has 2 fully saturated rings. The highest BCUT2D eigenvalue weighted by Crippen LogP contribution is 2.24. The van der Waals surface area contributed by atoms with Crippen LogP contribution in [-0.2, 0) is 6.54 Å². The van der Waals surface area contributed by atoms with Gasteiger partial charge in [0.15, 0.2) is 0 Å². The third-order valence-electron chi connectivity index (χ3n) is 5.50. The van der Waals surface area contributed by atoms with Crippen LogP contribution in [0.2, 0.25) is 0 Å². The van der Waals surface area contributed by atoms with Gasteiger partial charge in [0.05, 0.1) is 0 Å². The van der Waals surface area contributed by atoms with Crippen LogP contribution < -0.4 is 11.1 Å². The van der Waals surface area contributed by atoms with Crippen molar-refractivity contribution in [2.75, 3.05) is 39.8 Å². The first-order chi connectivity index (χ1) is 11.7. The van der Waals surface area contributed by atoms with Crippen LogP contribution in [0.1, 0.15) is 35.2 Å². The number of nitrogens with two attached hydrogens (primary N) is 1.